The van der Waals surface area contributed by atoms with Gasteiger partial charge in [-0.25, -0.2) is 0 Å². The van der Waals surface area contributed by atoms with Crippen LogP contribution >= 0.6 is 23.4 Å². The van der Waals surface area contributed by atoms with E-state index in [-0.39, 0.29) is 5.41 Å². The summed E-state index contributed by atoms with van der Waals surface area (Å²) in [4.78, 5) is 14.5. The molecule has 3 nitrogen and oxygen atoms in total. The van der Waals surface area contributed by atoms with E-state index in [1.54, 1.807) is 11.8 Å². The summed E-state index contributed by atoms with van der Waals surface area (Å²) in [6.45, 7) is 15.3. The molecule has 200 valence electrons. The van der Waals surface area contributed by atoms with Gasteiger partial charge < -0.3 is 9.67 Å². The first kappa shape index (κ1) is 28.3. The first-order valence-corrected chi connectivity index (χ1v) is 14.4. The predicted octanol–water partition coefficient (Wildman–Crippen LogP) is 9.57. The number of fused-ring (bicyclic) bond motifs is 1. The molecule has 1 N–H and O–H groups in total. The Morgan fingerprint density at radius 2 is 1.58 bits per heavy atom. The molecule has 0 saturated carbocycles. The van der Waals surface area contributed by atoms with Crippen LogP contribution in [0.25, 0.3) is 10.9 Å². The lowest BCUT2D eigenvalue weighted by molar-refractivity contribution is -0.146. The Hall–Kier alpha value is -2.69. The van der Waals surface area contributed by atoms with E-state index in [4.69, 9.17) is 11.6 Å². The highest BCUT2D eigenvalue weighted by molar-refractivity contribution is 7.99. The van der Waals surface area contributed by atoms with Crippen LogP contribution in [0.5, 0.6) is 0 Å². The van der Waals surface area contributed by atoms with Crippen LogP contribution in [0.2, 0.25) is 5.02 Å². The lowest BCUT2D eigenvalue weighted by Crippen LogP contribution is -2.27. The molecule has 3 aromatic carbocycles. The fourth-order valence-electron chi connectivity index (χ4n) is 4.63. The topological polar surface area (TPSA) is 42.2 Å². The second-order valence-corrected chi connectivity index (χ2v) is 13.7. The minimum absolute atomic E-state index is 0.0840. The Balaban J connectivity index is 1.93. The molecule has 5 heteroatoms. The summed E-state index contributed by atoms with van der Waals surface area (Å²) < 4.78 is 2.30. The second kappa shape index (κ2) is 10.8. The number of hydrogen-bond acceptors (Lipinski definition) is 2. The first-order chi connectivity index (χ1) is 17.8. The SMILES string of the molecule is CC(C)c1ccc2c(c1)c(Sc1ccc(C(C)(C)C)cc1)c(CC(C)(C)C(=O)O)n2Cc1ccc(Cl)cc1. The van der Waals surface area contributed by atoms with Crippen LogP contribution in [0.3, 0.4) is 0 Å². The van der Waals surface area contributed by atoms with Crippen molar-refractivity contribution >= 4 is 40.2 Å². The summed E-state index contributed by atoms with van der Waals surface area (Å²) in [6.07, 6.45) is 0.421. The fourth-order valence-corrected chi connectivity index (χ4v) is 5.84. The summed E-state index contributed by atoms with van der Waals surface area (Å²) >= 11 is 7.90. The van der Waals surface area contributed by atoms with E-state index in [1.807, 2.05) is 38.1 Å². The molecule has 0 spiro atoms. The molecule has 38 heavy (non-hydrogen) atoms. The normalized spacial score (nSPS) is 12.4. The standard InChI is InChI=1S/C33H38ClNO2S/c1-21(2)23-10-17-28-27(18-23)30(38-26-15-11-24(12-16-26)32(3,4)5)29(19-33(6,7)31(36)37)35(28)20-22-8-13-25(34)14-9-22/h8-18,21H,19-20H2,1-7H3,(H,36,37). The number of halogens is 1. The van der Waals surface area contributed by atoms with Gasteiger partial charge in [-0.3, -0.25) is 4.79 Å². The fraction of sp³-hybridized carbons (Fsp3) is 0.364. The summed E-state index contributed by atoms with van der Waals surface area (Å²) in [5.41, 5.74) is 5.03. The van der Waals surface area contributed by atoms with Crippen LogP contribution in [0.4, 0.5) is 0 Å². The van der Waals surface area contributed by atoms with Gasteiger partial charge in [-0.15, -0.1) is 0 Å². The van der Waals surface area contributed by atoms with Gasteiger partial charge in [0.15, 0.2) is 0 Å². The van der Waals surface area contributed by atoms with Crippen molar-refractivity contribution in [3.63, 3.8) is 0 Å². The lowest BCUT2D eigenvalue weighted by atomic mass is 9.87. The van der Waals surface area contributed by atoms with Crippen LogP contribution < -0.4 is 0 Å². The molecular weight excluding hydrogens is 510 g/mol. The number of benzene rings is 3. The van der Waals surface area contributed by atoms with Crippen molar-refractivity contribution in [1.29, 1.82) is 0 Å². The largest absolute Gasteiger partial charge is 0.481 e. The number of carboxylic acid groups (broad SMARTS) is 1. The average molecular weight is 548 g/mol. The number of carbonyl (C=O) groups is 1. The number of hydrogen-bond donors (Lipinski definition) is 1. The van der Waals surface area contributed by atoms with Crippen LogP contribution in [0.1, 0.15) is 76.8 Å². The zero-order chi connectivity index (χ0) is 27.8. The van der Waals surface area contributed by atoms with E-state index >= 15 is 0 Å². The molecule has 0 bridgehead atoms. The smallest absolute Gasteiger partial charge is 0.309 e. The minimum Gasteiger partial charge on any atom is -0.481 e. The molecule has 0 fully saturated rings. The van der Waals surface area contributed by atoms with Crippen molar-refractivity contribution in [3.8, 4) is 0 Å². The third-order valence-corrected chi connectivity index (χ3v) is 8.61. The highest BCUT2D eigenvalue weighted by Gasteiger charge is 2.32. The quantitative estimate of drug-likeness (QED) is 0.239. The number of carboxylic acids is 1. The zero-order valence-electron chi connectivity index (χ0n) is 23.4. The Bertz CT molecular complexity index is 1440. The number of aromatic nitrogens is 1. The van der Waals surface area contributed by atoms with Crippen LogP contribution in [0.15, 0.2) is 76.5 Å². The maximum Gasteiger partial charge on any atom is 0.309 e. The third kappa shape index (κ3) is 6.13. The maximum atomic E-state index is 12.3. The Morgan fingerprint density at radius 3 is 2.13 bits per heavy atom. The van der Waals surface area contributed by atoms with Crippen LogP contribution in [0, 0.1) is 5.41 Å². The molecule has 0 saturated heterocycles. The average Bonchev–Trinajstić information content (AvgIpc) is 3.11. The minimum atomic E-state index is -0.918. The van der Waals surface area contributed by atoms with E-state index in [1.165, 1.54) is 16.5 Å². The van der Waals surface area contributed by atoms with Gasteiger partial charge in [0.25, 0.3) is 0 Å². The van der Waals surface area contributed by atoms with Gasteiger partial charge in [0.2, 0.25) is 0 Å². The van der Waals surface area contributed by atoms with E-state index in [0.717, 1.165) is 26.6 Å². The van der Waals surface area contributed by atoms with Gasteiger partial charge >= 0.3 is 5.97 Å². The highest BCUT2D eigenvalue weighted by atomic mass is 35.5. The highest BCUT2D eigenvalue weighted by Crippen LogP contribution is 2.43. The molecule has 0 radical (unpaired) electrons. The summed E-state index contributed by atoms with van der Waals surface area (Å²) in [7, 11) is 0. The van der Waals surface area contributed by atoms with Gasteiger partial charge in [0, 0.05) is 44.4 Å². The van der Waals surface area contributed by atoms with Crippen LogP contribution in [-0.2, 0) is 23.2 Å². The second-order valence-electron chi connectivity index (χ2n) is 12.2. The van der Waals surface area contributed by atoms with E-state index < -0.39 is 11.4 Å². The molecule has 1 aromatic heterocycles. The Labute approximate surface area is 236 Å². The third-order valence-electron chi connectivity index (χ3n) is 7.19. The van der Waals surface area contributed by atoms with Crippen LogP contribution in [-0.4, -0.2) is 15.6 Å². The van der Waals surface area contributed by atoms with E-state index in [0.29, 0.717) is 23.9 Å². The zero-order valence-corrected chi connectivity index (χ0v) is 25.0. The van der Waals surface area contributed by atoms with Crippen molar-refractivity contribution in [3.05, 3.63) is 94.1 Å². The number of rotatable bonds is 8. The predicted molar refractivity (Wildman–Crippen MR) is 161 cm³/mol. The molecular formula is C33H38ClNO2S. The monoisotopic (exact) mass is 547 g/mol. The van der Waals surface area contributed by atoms with Crippen molar-refractivity contribution in [2.24, 2.45) is 5.41 Å². The van der Waals surface area contributed by atoms with Crippen molar-refractivity contribution in [1.82, 2.24) is 4.57 Å². The molecule has 4 aromatic rings. The molecule has 0 amide bonds. The molecule has 0 aliphatic carbocycles. The van der Waals surface area contributed by atoms with Crippen molar-refractivity contribution < 1.29 is 9.90 Å². The van der Waals surface area contributed by atoms with Gasteiger partial charge in [0.1, 0.15) is 0 Å². The summed E-state index contributed by atoms with van der Waals surface area (Å²) in [6, 6.07) is 23.4. The molecule has 0 aliphatic heterocycles. The van der Waals surface area contributed by atoms with Crippen molar-refractivity contribution in [2.75, 3.05) is 0 Å². The molecule has 1 heterocycles. The number of aliphatic carboxylic acids is 1. The Kier molecular flexibility index (Phi) is 8.07. The van der Waals surface area contributed by atoms with Gasteiger partial charge in [-0.05, 0) is 78.3 Å². The molecule has 0 atom stereocenters. The molecule has 0 aliphatic rings. The van der Waals surface area contributed by atoms with Gasteiger partial charge in [0.05, 0.1) is 5.41 Å². The summed E-state index contributed by atoms with van der Waals surface area (Å²) in [5.74, 6) is -0.406. The van der Waals surface area contributed by atoms with E-state index in [9.17, 15) is 9.90 Å². The van der Waals surface area contributed by atoms with Crippen molar-refractivity contribution in [2.45, 2.75) is 82.6 Å². The number of nitrogens with zero attached hydrogens (tertiary/aromatic N) is 1. The van der Waals surface area contributed by atoms with Gasteiger partial charge in [-0.1, -0.05) is 88.3 Å². The molecule has 0 unspecified atom stereocenters. The van der Waals surface area contributed by atoms with E-state index in [2.05, 4.69) is 81.7 Å². The molecule has 4 rings (SSSR count). The summed E-state index contributed by atoms with van der Waals surface area (Å²) in [5, 5.41) is 11.9. The first-order valence-electron chi connectivity index (χ1n) is 13.2. The van der Waals surface area contributed by atoms with Gasteiger partial charge in [-0.2, -0.15) is 0 Å². The maximum absolute atomic E-state index is 12.3. The lowest BCUT2D eigenvalue weighted by Gasteiger charge is -2.22. The Morgan fingerprint density at radius 1 is 0.947 bits per heavy atom.